The number of H-pyrrole nitrogens is 1. The molecule has 0 fully saturated rings. The van der Waals surface area contributed by atoms with Crippen molar-refractivity contribution in [3.63, 3.8) is 0 Å². The Kier molecular flexibility index (Phi) is 3.53. The molecule has 0 bridgehead atoms. The minimum absolute atomic E-state index is 0.0585. The highest BCUT2D eigenvalue weighted by Gasteiger charge is 2.09. The van der Waals surface area contributed by atoms with Gasteiger partial charge in [0.2, 0.25) is 0 Å². The molecule has 5 heteroatoms. The minimum atomic E-state index is -0.202. The van der Waals surface area contributed by atoms with Crippen LogP contribution in [0.15, 0.2) is 23.1 Å². The number of pyridine rings is 1. The van der Waals surface area contributed by atoms with Crippen LogP contribution in [0.4, 0.5) is 0 Å². The van der Waals surface area contributed by atoms with Crippen LogP contribution >= 0.6 is 0 Å². The van der Waals surface area contributed by atoms with Crippen LogP contribution in [-0.4, -0.2) is 26.7 Å². The number of rotatable bonds is 3. The summed E-state index contributed by atoms with van der Waals surface area (Å²) in [4.78, 5) is 23.1. The van der Waals surface area contributed by atoms with Crippen LogP contribution in [0, 0.1) is 13.8 Å². The van der Waals surface area contributed by atoms with Gasteiger partial charge in [0.1, 0.15) is 5.82 Å². The van der Waals surface area contributed by atoms with Crippen molar-refractivity contribution in [1.82, 2.24) is 15.0 Å². The van der Waals surface area contributed by atoms with E-state index in [1.54, 1.807) is 13.1 Å². The fraction of sp³-hybridized carbons (Fsp3) is 0.308. The molecule has 0 aliphatic carbocycles. The zero-order valence-corrected chi connectivity index (χ0v) is 10.4. The van der Waals surface area contributed by atoms with Gasteiger partial charge in [0.25, 0.3) is 5.56 Å². The van der Waals surface area contributed by atoms with Crippen molar-refractivity contribution in [2.24, 2.45) is 0 Å². The monoisotopic (exact) mass is 245 g/mol. The van der Waals surface area contributed by atoms with Gasteiger partial charge in [-0.05, 0) is 26.0 Å². The summed E-state index contributed by atoms with van der Waals surface area (Å²) in [7, 11) is 0. The third-order valence-corrected chi connectivity index (χ3v) is 2.77. The second-order valence-corrected chi connectivity index (χ2v) is 4.14. The first-order valence-electron chi connectivity index (χ1n) is 5.75. The molecule has 2 aromatic heterocycles. The lowest BCUT2D eigenvalue weighted by Gasteiger charge is -2.06. The average Bonchev–Trinajstić information content (AvgIpc) is 2.34. The third kappa shape index (κ3) is 2.46. The Morgan fingerprint density at radius 2 is 2.11 bits per heavy atom. The summed E-state index contributed by atoms with van der Waals surface area (Å²) in [6, 6.07) is 3.73. The summed E-state index contributed by atoms with van der Waals surface area (Å²) in [5.74, 6) is 0.506. The summed E-state index contributed by atoms with van der Waals surface area (Å²) >= 11 is 0. The molecule has 2 aromatic rings. The second-order valence-electron chi connectivity index (χ2n) is 4.14. The zero-order valence-electron chi connectivity index (χ0n) is 10.4. The van der Waals surface area contributed by atoms with Crippen molar-refractivity contribution >= 4 is 0 Å². The molecule has 94 valence electrons. The summed E-state index contributed by atoms with van der Waals surface area (Å²) in [5, 5.41) is 8.89. The van der Waals surface area contributed by atoms with Gasteiger partial charge in [0, 0.05) is 41.7 Å². The average molecular weight is 245 g/mol. The second kappa shape index (κ2) is 5.10. The Hall–Kier alpha value is -2.01. The highest BCUT2D eigenvalue weighted by atomic mass is 16.3. The Morgan fingerprint density at radius 1 is 1.33 bits per heavy atom. The number of hydrogen-bond donors (Lipinski definition) is 2. The first-order chi connectivity index (χ1) is 8.61. The van der Waals surface area contributed by atoms with Gasteiger partial charge < -0.3 is 10.1 Å². The van der Waals surface area contributed by atoms with Gasteiger partial charge >= 0.3 is 0 Å². The summed E-state index contributed by atoms with van der Waals surface area (Å²) < 4.78 is 0. The van der Waals surface area contributed by atoms with E-state index in [0.717, 1.165) is 11.3 Å². The number of aliphatic hydroxyl groups is 1. The maximum Gasteiger partial charge on any atom is 0.254 e. The smallest absolute Gasteiger partial charge is 0.254 e. The molecule has 0 atom stereocenters. The van der Waals surface area contributed by atoms with E-state index in [1.165, 1.54) is 0 Å². The van der Waals surface area contributed by atoms with Crippen molar-refractivity contribution in [3.05, 3.63) is 45.6 Å². The molecule has 0 aliphatic heterocycles. The minimum Gasteiger partial charge on any atom is -0.396 e. The van der Waals surface area contributed by atoms with Crippen molar-refractivity contribution in [2.75, 3.05) is 6.61 Å². The topological polar surface area (TPSA) is 78.9 Å². The first kappa shape index (κ1) is 12.4. The van der Waals surface area contributed by atoms with Gasteiger partial charge in [0.05, 0.1) is 0 Å². The molecule has 0 saturated heterocycles. The fourth-order valence-electron chi connectivity index (χ4n) is 1.76. The lowest BCUT2D eigenvalue weighted by atomic mass is 10.1. The molecule has 0 radical (unpaired) electrons. The van der Waals surface area contributed by atoms with Gasteiger partial charge in [-0.15, -0.1) is 0 Å². The van der Waals surface area contributed by atoms with Crippen LogP contribution in [-0.2, 0) is 6.42 Å². The summed E-state index contributed by atoms with van der Waals surface area (Å²) in [5.41, 5.74) is 2.66. The number of hydrogen-bond acceptors (Lipinski definition) is 4. The molecule has 0 spiro atoms. The molecular weight excluding hydrogens is 230 g/mol. The maximum absolute atomic E-state index is 11.9. The van der Waals surface area contributed by atoms with Crippen LogP contribution in [0.1, 0.15) is 17.0 Å². The van der Waals surface area contributed by atoms with Gasteiger partial charge in [-0.25, -0.2) is 4.98 Å². The van der Waals surface area contributed by atoms with E-state index >= 15 is 0 Å². The number of nitrogens with zero attached hydrogens (tertiary/aromatic N) is 2. The van der Waals surface area contributed by atoms with Gasteiger partial charge in [0.15, 0.2) is 0 Å². The fourth-order valence-corrected chi connectivity index (χ4v) is 1.76. The SMILES string of the molecule is Cc1ccc(-c2nc(C)c(CCO)c(=O)[nH]2)cn1. The molecule has 0 unspecified atom stereocenters. The van der Waals surface area contributed by atoms with E-state index in [1.807, 2.05) is 19.1 Å². The maximum atomic E-state index is 11.9. The lowest BCUT2D eigenvalue weighted by molar-refractivity contribution is 0.298. The molecule has 2 N–H and O–H groups in total. The molecule has 0 aliphatic rings. The molecular formula is C13H15N3O2. The summed E-state index contributed by atoms with van der Waals surface area (Å²) in [6.45, 7) is 3.61. The number of aliphatic hydroxyl groups excluding tert-OH is 1. The van der Waals surface area contributed by atoms with Crippen molar-refractivity contribution < 1.29 is 5.11 Å². The van der Waals surface area contributed by atoms with Crippen molar-refractivity contribution in [2.45, 2.75) is 20.3 Å². The molecule has 5 nitrogen and oxygen atoms in total. The first-order valence-corrected chi connectivity index (χ1v) is 5.75. The molecule has 18 heavy (non-hydrogen) atoms. The largest absolute Gasteiger partial charge is 0.396 e. The van der Waals surface area contributed by atoms with Gasteiger partial charge in [-0.1, -0.05) is 0 Å². The van der Waals surface area contributed by atoms with E-state index in [0.29, 0.717) is 23.5 Å². The van der Waals surface area contributed by atoms with Gasteiger partial charge in [-0.3, -0.25) is 9.78 Å². The molecule has 2 heterocycles. The number of aromatic amines is 1. The number of nitrogens with one attached hydrogen (secondary N) is 1. The van der Waals surface area contributed by atoms with Crippen molar-refractivity contribution in [1.29, 1.82) is 0 Å². The third-order valence-electron chi connectivity index (χ3n) is 2.77. The molecule has 2 rings (SSSR count). The quantitative estimate of drug-likeness (QED) is 0.845. The molecule has 0 saturated carbocycles. The Labute approximate surface area is 105 Å². The standard InChI is InChI=1S/C13H15N3O2/c1-8-3-4-10(7-14-8)12-15-9(2)11(5-6-17)13(18)16-12/h3-4,7,17H,5-6H2,1-2H3,(H,15,16,18). The van der Waals surface area contributed by atoms with Crippen LogP contribution < -0.4 is 5.56 Å². The van der Waals surface area contributed by atoms with Crippen LogP contribution in [0.3, 0.4) is 0 Å². The highest BCUT2D eigenvalue weighted by Crippen LogP contribution is 2.13. The molecule has 0 amide bonds. The van der Waals surface area contributed by atoms with E-state index < -0.39 is 0 Å². The summed E-state index contributed by atoms with van der Waals surface area (Å²) in [6.07, 6.45) is 2.00. The zero-order chi connectivity index (χ0) is 13.1. The van der Waals surface area contributed by atoms with Crippen LogP contribution in [0.25, 0.3) is 11.4 Å². The predicted molar refractivity (Wildman–Crippen MR) is 68.4 cm³/mol. The number of aromatic nitrogens is 3. The predicted octanol–water partition coefficient (Wildman–Crippen LogP) is 0.984. The van der Waals surface area contributed by atoms with E-state index in [2.05, 4.69) is 15.0 Å². The van der Waals surface area contributed by atoms with E-state index in [-0.39, 0.29) is 12.2 Å². The van der Waals surface area contributed by atoms with Gasteiger partial charge in [-0.2, -0.15) is 0 Å². The van der Waals surface area contributed by atoms with E-state index in [9.17, 15) is 4.79 Å². The number of aryl methyl sites for hydroxylation is 2. The lowest BCUT2D eigenvalue weighted by Crippen LogP contribution is -2.18. The normalized spacial score (nSPS) is 10.6. The Bertz CT molecular complexity index is 603. The van der Waals surface area contributed by atoms with Crippen LogP contribution in [0.2, 0.25) is 0 Å². The molecule has 0 aromatic carbocycles. The van der Waals surface area contributed by atoms with E-state index in [4.69, 9.17) is 5.11 Å². The highest BCUT2D eigenvalue weighted by molar-refractivity contribution is 5.53. The Balaban J connectivity index is 2.48. The van der Waals surface area contributed by atoms with Crippen molar-refractivity contribution in [3.8, 4) is 11.4 Å². The Morgan fingerprint density at radius 3 is 2.67 bits per heavy atom. The van der Waals surface area contributed by atoms with Crippen LogP contribution in [0.5, 0.6) is 0 Å².